The van der Waals surface area contributed by atoms with E-state index in [4.69, 9.17) is 9.94 Å². The quantitative estimate of drug-likeness (QED) is 0.412. The SMILES string of the molecule is COCCC1CC=C(C=NO)CC1. The lowest BCUT2D eigenvalue weighted by molar-refractivity contribution is 0.174. The van der Waals surface area contributed by atoms with E-state index in [-0.39, 0.29) is 0 Å². The van der Waals surface area contributed by atoms with Crippen molar-refractivity contribution in [1.82, 2.24) is 0 Å². The molecule has 0 aromatic rings. The van der Waals surface area contributed by atoms with Gasteiger partial charge in [-0.2, -0.15) is 0 Å². The fourth-order valence-corrected chi connectivity index (χ4v) is 1.65. The highest BCUT2D eigenvalue weighted by Crippen LogP contribution is 2.24. The number of ether oxygens (including phenoxy) is 1. The number of hydrogen-bond acceptors (Lipinski definition) is 3. The van der Waals surface area contributed by atoms with E-state index in [1.165, 1.54) is 12.6 Å². The van der Waals surface area contributed by atoms with Crippen LogP contribution in [0.15, 0.2) is 16.8 Å². The molecular formula is C10H17NO2. The maximum absolute atomic E-state index is 8.33. The van der Waals surface area contributed by atoms with E-state index >= 15 is 0 Å². The number of nitrogens with zero attached hydrogens (tertiary/aromatic N) is 1. The first kappa shape index (κ1) is 10.3. The standard InChI is InChI=1S/C10H17NO2/c1-13-7-6-9-2-4-10(5-3-9)8-11-12/h4,8-9,12H,2-3,5-7H2,1H3. The molecule has 1 aliphatic rings. The molecule has 0 saturated heterocycles. The highest BCUT2D eigenvalue weighted by atomic mass is 16.5. The van der Waals surface area contributed by atoms with Crippen LogP contribution in [0.3, 0.4) is 0 Å². The summed E-state index contributed by atoms with van der Waals surface area (Å²) in [5.74, 6) is 0.746. The summed E-state index contributed by atoms with van der Waals surface area (Å²) in [6.45, 7) is 0.849. The third-order valence-corrected chi connectivity index (χ3v) is 2.51. The third kappa shape index (κ3) is 3.59. The molecule has 1 atom stereocenters. The van der Waals surface area contributed by atoms with E-state index in [1.807, 2.05) is 0 Å². The van der Waals surface area contributed by atoms with Crippen LogP contribution in [0.1, 0.15) is 25.7 Å². The minimum Gasteiger partial charge on any atom is -0.411 e. The minimum atomic E-state index is 0.746. The molecule has 0 radical (unpaired) electrons. The van der Waals surface area contributed by atoms with Crippen molar-refractivity contribution in [3.63, 3.8) is 0 Å². The summed E-state index contributed by atoms with van der Waals surface area (Å²) in [5, 5.41) is 11.4. The fraction of sp³-hybridized carbons (Fsp3) is 0.700. The molecule has 1 rings (SSSR count). The topological polar surface area (TPSA) is 41.8 Å². The number of rotatable bonds is 4. The molecule has 0 heterocycles. The van der Waals surface area contributed by atoms with Crippen molar-refractivity contribution in [2.24, 2.45) is 11.1 Å². The van der Waals surface area contributed by atoms with E-state index in [9.17, 15) is 0 Å². The Morgan fingerprint density at radius 1 is 1.77 bits per heavy atom. The zero-order valence-electron chi connectivity index (χ0n) is 8.07. The molecule has 74 valence electrons. The normalized spacial score (nSPS) is 23.5. The summed E-state index contributed by atoms with van der Waals surface area (Å²) in [6, 6.07) is 0. The molecule has 0 aliphatic heterocycles. The Balaban J connectivity index is 2.28. The smallest absolute Gasteiger partial charge is 0.0690 e. The van der Waals surface area contributed by atoms with Crippen LogP contribution in [0.25, 0.3) is 0 Å². The molecule has 0 amide bonds. The first-order chi connectivity index (χ1) is 6.36. The Kier molecular flexibility index (Phi) is 4.54. The van der Waals surface area contributed by atoms with Crippen LogP contribution >= 0.6 is 0 Å². The molecule has 0 bridgehead atoms. The summed E-state index contributed by atoms with van der Waals surface area (Å²) >= 11 is 0. The first-order valence-corrected chi connectivity index (χ1v) is 4.72. The molecule has 13 heavy (non-hydrogen) atoms. The Morgan fingerprint density at radius 2 is 2.62 bits per heavy atom. The zero-order valence-corrected chi connectivity index (χ0v) is 8.07. The van der Waals surface area contributed by atoms with Gasteiger partial charge in [0.25, 0.3) is 0 Å². The second-order valence-electron chi connectivity index (χ2n) is 3.45. The highest BCUT2D eigenvalue weighted by molar-refractivity contribution is 5.77. The van der Waals surface area contributed by atoms with E-state index in [0.717, 1.165) is 37.4 Å². The lowest BCUT2D eigenvalue weighted by Gasteiger charge is -2.19. The molecule has 1 aliphatic carbocycles. The third-order valence-electron chi connectivity index (χ3n) is 2.51. The Morgan fingerprint density at radius 3 is 3.15 bits per heavy atom. The molecule has 3 heteroatoms. The van der Waals surface area contributed by atoms with Crippen LogP contribution in [0.2, 0.25) is 0 Å². The number of methoxy groups -OCH3 is 1. The first-order valence-electron chi connectivity index (χ1n) is 4.72. The van der Waals surface area contributed by atoms with Gasteiger partial charge in [0.15, 0.2) is 0 Å². The van der Waals surface area contributed by atoms with Gasteiger partial charge in [-0.25, -0.2) is 0 Å². The Bertz CT molecular complexity index is 199. The summed E-state index contributed by atoms with van der Waals surface area (Å²) in [4.78, 5) is 0. The van der Waals surface area contributed by atoms with Crippen molar-refractivity contribution in [2.45, 2.75) is 25.7 Å². The van der Waals surface area contributed by atoms with Crippen molar-refractivity contribution in [1.29, 1.82) is 0 Å². The summed E-state index contributed by atoms with van der Waals surface area (Å²) in [6.07, 6.45) is 8.12. The average molecular weight is 183 g/mol. The molecule has 0 aromatic carbocycles. The molecule has 0 fully saturated rings. The van der Waals surface area contributed by atoms with Crippen LogP contribution in [0.4, 0.5) is 0 Å². The maximum atomic E-state index is 8.33. The molecule has 0 aromatic heterocycles. The van der Waals surface area contributed by atoms with Gasteiger partial charge in [0, 0.05) is 13.7 Å². The van der Waals surface area contributed by atoms with Crippen LogP contribution in [-0.4, -0.2) is 25.1 Å². The number of oxime groups is 1. The summed E-state index contributed by atoms with van der Waals surface area (Å²) < 4.78 is 5.03. The van der Waals surface area contributed by atoms with E-state index in [0.29, 0.717) is 0 Å². The van der Waals surface area contributed by atoms with Crippen molar-refractivity contribution in [3.05, 3.63) is 11.6 Å². The second-order valence-corrected chi connectivity index (χ2v) is 3.45. The van der Waals surface area contributed by atoms with Gasteiger partial charge in [-0.15, -0.1) is 0 Å². The van der Waals surface area contributed by atoms with Gasteiger partial charge >= 0.3 is 0 Å². The van der Waals surface area contributed by atoms with Crippen molar-refractivity contribution < 1.29 is 9.94 Å². The van der Waals surface area contributed by atoms with E-state index in [1.54, 1.807) is 7.11 Å². The molecule has 1 N–H and O–H groups in total. The van der Waals surface area contributed by atoms with Crippen LogP contribution in [0.5, 0.6) is 0 Å². The number of allylic oxidation sites excluding steroid dienone is 2. The van der Waals surface area contributed by atoms with Gasteiger partial charge in [-0.3, -0.25) is 0 Å². The van der Waals surface area contributed by atoms with Crippen LogP contribution < -0.4 is 0 Å². The molecule has 3 nitrogen and oxygen atoms in total. The maximum Gasteiger partial charge on any atom is 0.0690 e. The fourth-order valence-electron chi connectivity index (χ4n) is 1.65. The van der Waals surface area contributed by atoms with Gasteiger partial charge < -0.3 is 9.94 Å². The van der Waals surface area contributed by atoms with E-state index < -0.39 is 0 Å². The predicted molar refractivity (Wildman–Crippen MR) is 52.2 cm³/mol. The molecule has 0 saturated carbocycles. The zero-order chi connectivity index (χ0) is 9.52. The Labute approximate surface area is 79.1 Å². The monoisotopic (exact) mass is 183 g/mol. The lowest BCUT2D eigenvalue weighted by atomic mass is 9.88. The van der Waals surface area contributed by atoms with Crippen LogP contribution in [0, 0.1) is 5.92 Å². The molecular weight excluding hydrogens is 166 g/mol. The van der Waals surface area contributed by atoms with Gasteiger partial charge in [0.1, 0.15) is 0 Å². The summed E-state index contributed by atoms with van der Waals surface area (Å²) in [7, 11) is 1.74. The van der Waals surface area contributed by atoms with Crippen LogP contribution in [-0.2, 0) is 4.74 Å². The van der Waals surface area contributed by atoms with Gasteiger partial charge in [-0.1, -0.05) is 11.2 Å². The van der Waals surface area contributed by atoms with Crippen molar-refractivity contribution >= 4 is 6.21 Å². The van der Waals surface area contributed by atoms with E-state index in [2.05, 4.69) is 11.2 Å². The highest BCUT2D eigenvalue weighted by Gasteiger charge is 2.12. The lowest BCUT2D eigenvalue weighted by Crippen LogP contribution is -2.08. The largest absolute Gasteiger partial charge is 0.411 e. The predicted octanol–water partition coefficient (Wildman–Crippen LogP) is 2.21. The molecule has 0 spiro atoms. The van der Waals surface area contributed by atoms with Gasteiger partial charge in [-0.05, 0) is 37.2 Å². The second kappa shape index (κ2) is 5.75. The Hall–Kier alpha value is -0.830. The number of hydrogen-bond donors (Lipinski definition) is 1. The molecule has 1 unspecified atom stereocenters. The van der Waals surface area contributed by atoms with Crippen molar-refractivity contribution in [2.75, 3.05) is 13.7 Å². The van der Waals surface area contributed by atoms with Gasteiger partial charge in [0.05, 0.1) is 6.21 Å². The summed E-state index contributed by atoms with van der Waals surface area (Å²) in [5.41, 5.74) is 1.15. The van der Waals surface area contributed by atoms with Crippen molar-refractivity contribution in [3.8, 4) is 0 Å². The van der Waals surface area contributed by atoms with Gasteiger partial charge in [0.2, 0.25) is 0 Å². The minimum absolute atomic E-state index is 0.746. The average Bonchev–Trinajstić information content (AvgIpc) is 2.17.